The van der Waals surface area contributed by atoms with Crippen molar-refractivity contribution in [3.8, 4) is 28.7 Å². The summed E-state index contributed by atoms with van der Waals surface area (Å²) in [7, 11) is 1.70. The molecule has 0 aliphatic heterocycles. The number of terminal acetylenes is 1. The maximum Gasteiger partial charge on any atom is 0.130 e. The van der Waals surface area contributed by atoms with Crippen LogP contribution in [-0.2, 0) is 6.42 Å². The van der Waals surface area contributed by atoms with E-state index < -0.39 is 5.60 Å². The zero-order valence-corrected chi connectivity index (χ0v) is 20.7. The van der Waals surface area contributed by atoms with Gasteiger partial charge in [-0.1, -0.05) is 25.8 Å². The lowest BCUT2D eigenvalue weighted by atomic mass is 9.47. The highest BCUT2D eigenvalue weighted by Crippen LogP contribution is 2.68. The molecule has 1 aromatic heterocycles. The minimum atomic E-state index is -0.932. The SMILES string of the molecule is C#C[C@]1(O)CC[C@H]2[C@@H]3CC=C4c5sc(-c6ccc(OC)cc6)nc5CC[C@]4(C)[C@H]3CC[C@@]21C. The highest BCUT2D eigenvalue weighted by Gasteiger charge is 2.63. The third-order valence-electron chi connectivity index (χ3n) is 10.0. The minimum absolute atomic E-state index is 0.142. The van der Waals surface area contributed by atoms with E-state index in [2.05, 4.69) is 38.0 Å². The molecule has 3 nitrogen and oxygen atoms in total. The van der Waals surface area contributed by atoms with E-state index in [1.54, 1.807) is 7.11 Å². The van der Waals surface area contributed by atoms with Gasteiger partial charge in [-0.3, -0.25) is 0 Å². The standard InChI is InChI=1S/C29H33NO2S/c1-5-29(31)17-13-22-20-10-11-23-25-24(14-15-27(23,2)21(20)12-16-28(22,29)3)30-26(33-25)18-6-8-19(32-4)9-7-18/h1,6-9,11,20-22,31H,10,12-17H2,2-4H3/t20-,21+,22+,27-,28+,29+/m1/s1. The van der Waals surface area contributed by atoms with Gasteiger partial charge >= 0.3 is 0 Å². The molecule has 2 saturated carbocycles. The summed E-state index contributed by atoms with van der Waals surface area (Å²) in [5, 5.41) is 12.4. The fourth-order valence-electron chi connectivity index (χ4n) is 7.99. The Hall–Kier alpha value is -2.09. The molecule has 0 radical (unpaired) electrons. The zero-order chi connectivity index (χ0) is 23.0. The maximum atomic E-state index is 11.2. The Bertz CT molecular complexity index is 1170. The monoisotopic (exact) mass is 459 g/mol. The molecule has 172 valence electrons. The molecule has 2 aromatic rings. The molecule has 0 saturated heterocycles. The van der Waals surface area contributed by atoms with Crippen LogP contribution in [0.2, 0.25) is 0 Å². The van der Waals surface area contributed by atoms with Crippen molar-refractivity contribution in [2.24, 2.45) is 28.6 Å². The average molecular weight is 460 g/mol. The van der Waals surface area contributed by atoms with Crippen LogP contribution in [0.3, 0.4) is 0 Å². The molecule has 1 N–H and O–H groups in total. The summed E-state index contributed by atoms with van der Waals surface area (Å²) in [5.41, 5.74) is 3.10. The summed E-state index contributed by atoms with van der Waals surface area (Å²) in [4.78, 5) is 6.49. The first-order valence-corrected chi connectivity index (χ1v) is 13.2. The largest absolute Gasteiger partial charge is 0.497 e. The van der Waals surface area contributed by atoms with Crippen LogP contribution in [-0.4, -0.2) is 22.8 Å². The summed E-state index contributed by atoms with van der Waals surface area (Å²) in [6.45, 7) is 4.78. The summed E-state index contributed by atoms with van der Waals surface area (Å²) < 4.78 is 5.32. The molecule has 4 aliphatic rings. The molecule has 1 heterocycles. The number of thiazole rings is 1. The lowest BCUT2D eigenvalue weighted by Crippen LogP contribution is -2.53. The number of rotatable bonds is 2. The number of benzene rings is 1. The number of ether oxygens (including phenoxy) is 1. The van der Waals surface area contributed by atoms with Crippen LogP contribution in [0.4, 0.5) is 0 Å². The Morgan fingerprint density at radius 2 is 1.88 bits per heavy atom. The number of aryl methyl sites for hydroxylation is 1. The third kappa shape index (κ3) is 2.82. The average Bonchev–Trinajstić information content (AvgIpc) is 3.38. The normalized spacial score (nSPS) is 38.9. The number of allylic oxidation sites excluding steroid dienone is 2. The van der Waals surface area contributed by atoms with Crippen molar-refractivity contribution in [3.05, 3.63) is 40.9 Å². The van der Waals surface area contributed by atoms with E-state index in [9.17, 15) is 5.11 Å². The number of aliphatic hydroxyl groups is 1. The first-order chi connectivity index (χ1) is 15.8. The molecule has 33 heavy (non-hydrogen) atoms. The summed E-state index contributed by atoms with van der Waals surface area (Å²) >= 11 is 1.86. The predicted molar refractivity (Wildman–Crippen MR) is 134 cm³/mol. The predicted octanol–water partition coefficient (Wildman–Crippen LogP) is 6.37. The van der Waals surface area contributed by atoms with Gasteiger partial charge in [0.15, 0.2) is 0 Å². The van der Waals surface area contributed by atoms with Crippen LogP contribution in [0.25, 0.3) is 16.1 Å². The maximum absolute atomic E-state index is 11.2. The molecule has 6 atom stereocenters. The number of nitrogens with zero attached hydrogens (tertiary/aromatic N) is 1. The fourth-order valence-corrected chi connectivity index (χ4v) is 9.28. The Balaban J connectivity index is 1.36. The van der Waals surface area contributed by atoms with Gasteiger partial charge in [0.05, 0.1) is 17.7 Å². The lowest BCUT2D eigenvalue weighted by Gasteiger charge is -2.57. The van der Waals surface area contributed by atoms with Crippen molar-refractivity contribution in [1.82, 2.24) is 4.98 Å². The smallest absolute Gasteiger partial charge is 0.130 e. The number of fused-ring (bicyclic) bond motifs is 7. The van der Waals surface area contributed by atoms with Crippen LogP contribution < -0.4 is 4.74 Å². The molecule has 6 rings (SSSR count). The van der Waals surface area contributed by atoms with E-state index in [1.165, 1.54) is 28.1 Å². The molecule has 0 spiro atoms. The van der Waals surface area contributed by atoms with Gasteiger partial charge in [-0.2, -0.15) is 0 Å². The van der Waals surface area contributed by atoms with Gasteiger partial charge in [-0.05, 0) is 98.0 Å². The summed E-state index contributed by atoms with van der Waals surface area (Å²) in [6, 6.07) is 8.26. The van der Waals surface area contributed by atoms with E-state index >= 15 is 0 Å². The van der Waals surface area contributed by atoms with Crippen LogP contribution in [0.15, 0.2) is 30.3 Å². The van der Waals surface area contributed by atoms with Crippen LogP contribution in [0.1, 0.15) is 62.9 Å². The zero-order valence-electron chi connectivity index (χ0n) is 19.9. The number of methoxy groups -OCH3 is 1. The molecule has 0 amide bonds. The highest BCUT2D eigenvalue weighted by atomic mass is 32.1. The number of aromatic nitrogens is 1. The van der Waals surface area contributed by atoms with Crippen molar-refractivity contribution in [3.63, 3.8) is 0 Å². The Morgan fingerprint density at radius 3 is 2.61 bits per heavy atom. The van der Waals surface area contributed by atoms with Gasteiger partial charge in [0.2, 0.25) is 0 Å². The molecule has 4 heteroatoms. The molecule has 0 unspecified atom stereocenters. The van der Waals surface area contributed by atoms with Gasteiger partial charge in [0, 0.05) is 11.0 Å². The van der Waals surface area contributed by atoms with Crippen LogP contribution >= 0.6 is 11.3 Å². The van der Waals surface area contributed by atoms with Gasteiger partial charge in [-0.25, -0.2) is 4.98 Å². The fraction of sp³-hybridized carbons (Fsp3) is 0.552. The van der Waals surface area contributed by atoms with Crippen molar-refractivity contribution < 1.29 is 9.84 Å². The van der Waals surface area contributed by atoms with Gasteiger partial charge in [0.25, 0.3) is 0 Å². The van der Waals surface area contributed by atoms with Crippen molar-refractivity contribution in [1.29, 1.82) is 0 Å². The van der Waals surface area contributed by atoms with Gasteiger partial charge < -0.3 is 9.84 Å². The number of hydrogen-bond donors (Lipinski definition) is 1. The second-order valence-electron chi connectivity index (χ2n) is 11.2. The molecular weight excluding hydrogens is 426 g/mol. The van der Waals surface area contributed by atoms with Gasteiger partial charge in [0.1, 0.15) is 16.4 Å². The molecule has 0 bridgehead atoms. The van der Waals surface area contributed by atoms with E-state index in [-0.39, 0.29) is 10.8 Å². The Morgan fingerprint density at radius 1 is 1.12 bits per heavy atom. The molecule has 2 fully saturated rings. The summed E-state index contributed by atoms with van der Waals surface area (Å²) in [5.74, 6) is 5.48. The first kappa shape index (κ1) is 21.4. The Kier molecular flexibility index (Phi) is 4.68. The van der Waals surface area contributed by atoms with Crippen molar-refractivity contribution >= 4 is 16.9 Å². The minimum Gasteiger partial charge on any atom is -0.497 e. The molecule has 1 aromatic carbocycles. The second kappa shape index (κ2) is 7.20. The second-order valence-corrected chi connectivity index (χ2v) is 12.2. The lowest BCUT2D eigenvalue weighted by molar-refractivity contribution is -0.0886. The van der Waals surface area contributed by atoms with E-state index in [0.29, 0.717) is 17.8 Å². The summed E-state index contributed by atoms with van der Waals surface area (Å²) in [6.07, 6.45) is 15.7. The topological polar surface area (TPSA) is 42.4 Å². The highest BCUT2D eigenvalue weighted by molar-refractivity contribution is 7.16. The molecular formula is C29H33NO2S. The quantitative estimate of drug-likeness (QED) is 0.531. The van der Waals surface area contributed by atoms with E-state index in [0.717, 1.165) is 49.3 Å². The van der Waals surface area contributed by atoms with Gasteiger partial charge in [-0.15, -0.1) is 17.8 Å². The van der Waals surface area contributed by atoms with Crippen molar-refractivity contribution in [2.75, 3.05) is 7.11 Å². The van der Waals surface area contributed by atoms with Crippen molar-refractivity contribution in [2.45, 2.75) is 64.4 Å². The van der Waals surface area contributed by atoms with Crippen LogP contribution in [0, 0.1) is 40.9 Å². The molecule has 4 aliphatic carbocycles. The third-order valence-corrected chi connectivity index (χ3v) is 11.2. The van der Waals surface area contributed by atoms with Crippen LogP contribution in [0.5, 0.6) is 5.75 Å². The van der Waals surface area contributed by atoms with E-state index in [4.69, 9.17) is 16.1 Å². The van der Waals surface area contributed by atoms with E-state index in [1.807, 2.05) is 23.5 Å². The number of hydrogen-bond acceptors (Lipinski definition) is 4. The Labute approximate surface area is 201 Å². The first-order valence-electron chi connectivity index (χ1n) is 12.4.